The van der Waals surface area contributed by atoms with Crippen LogP contribution < -0.4 is 21.5 Å². The molecule has 0 fully saturated rings. The van der Waals surface area contributed by atoms with Gasteiger partial charge in [0.1, 0.15) is 12.4 Å². The van der Waals surface area contributed by atoms with Gasteiger partial charge in [0.15, 0.2) is 5.65 Å². The predicted molar refractivity (Wildman–Crippen MR) is 156 cm³/mol. The molecule has 208 valence electrons. The van der Waals surface area contributed by atoms with E-state index in [9.17, 15) is 19.5 Å². The Hall–Kier alpha value is -5.40. The number of carboxylic acids is 1. The van der Waals surface area contributed by atoms with Crippen LogP contribution in [0.15, 0.2) is 83.1 Å². The quantitative estimate of drug-likeness (QED) is 0.0695. The SMILES string of the molecule is C=N/N=C\N(N)c1ccc(Cl)cc1/C=C/C(=O)N[C@@H](Cc1ccccc1)C(=O)Nc1nc2ccc(C(=O)O)cn2n1. The van der Waals surface area contributed by atoms with E-state index in [0.717, 1.165) is 5.56 Å². The first kappa shape index (κ1) is 28.6. The summed E-state index contributed by atoms with van der Waals surface area (Å²) in [6.07, 6.45) is 5.43. The van der Waals surface area contributed by atoms with Gasteiger partial charge in [-0.05, 0) is 42.0 Å². The summed E-state index contributed by atoms with van der Waals surface area (Å²) >= 11 is 6.14. The fraction of sp³-hybridized carbons (Fsp3) is 0.0741. The van der Waals surface area contributed by atoms with E-state index in [1.54, 1.807) is 18.2 Å². The van der Waals surface area contributed by atoms with Gasteiger partial charge < -0.3 is 10.4 Å². The number of nitrogens with one attached hydrogen (secondary N) is 2. The summed E-state index contributed by atoms with van der Waals surface area (Å²) in [4.78, 5) is 41.7. The Labute approximate surface area is 238 Å². The zero-order valence-corrected chi connectivity index (χ0v) is 22.1. The number of carbonyl (C=O) groups is 3. The van der Waals surface area contributed by atoms with E-state index in [-0.39, 0.29) is 17.9 Å². The van der Waals surface area contributed by atoms with E-state index < -0.39 is 23.8 Å². The van der Waals surface area contributed by atoms with Gasteiger partial charge in [-0.1, -0.05) is 41.9 Å². The van der Waals surface area contributed by atoms with Crippen molar-refractivity contribution in [3.05, 3.63) is 94.6 Å². The standard InChI is InChI=1S/C27H24ClN9O4/c1-30-31-16-36(29)22-10-9-20(28)14-18(22)8-12-24(38)32-21(13-17-5-3-2-4-6-17)25(39)34-27-33-23-11-7-19(26(40)41)15-37(23)35-27/h2-12,14-16,21H,1,13,29H2,(H,32,38)(H,40,41)(H,34,35,39)/b12-8+,31-16-/t21-/m0/s1. The topological polar surface area (TPSA) is 180 Å². The number of amides is 2. The van der Waals surface area contributed by atoms with Crippen molar-refractivity contribution in [1.29, 1.82) is 0 Å². The third-order valence-electron chi connectivity index (χ3n) is 5.67. The Morgan fingerprint density at radius 1 is 1.17 bits per heavy atom. The Morgan fingerprint density at radius 3 is 2.68 bits per heavy atom. The summed E-state index contributed by atoms with van der Waals surface area (Å²) in [5, 5.41) is 27.2. The normalized spacial score (nSPS) is 12.0. The minimum Gasteiger partial charge on any atom is -0.478 e. The molecular weight excluding hydrogens is 550 g/mol. The molecule has 2 heterocycles. The number of aromatic nitrogens is 3. The van der Waals surface area contributed by atoms with Crippen molar-refractivity contribution in [1.82, 2.24) is 19.9 Å². The van der Waals surface area contributed by atoms with Crippen LogP contribution in [0.3, 0.4) is 0 Å². The van der Waals surface area contributed by atoms with Crippen LogP contribution in [0.4, 0.5) is 11.6 Å². The van der Waals surface area contributed by atoms with Gasteiger partial charge >= 0.3 is 5.97 Å². The van der Waals surface area contributed by atoms with Crippen LogP contribution >= 0.6 is 11.6 Å². The molecule has 4 rings (SSSR count). The zero-order valence-electron chi connectivity index (χ0n) is 21.4. The van der Waals surface area contributed by atoms with Crippen LogP contribution in [0.1, 0.15) is 21.5 Å². The van der Waals surface area contributed by atoms with Crippen molar-refractivity contribution >= 4 is 65.8 Å². The smallest absolute Gasteiger partial charge is 0.337 e. The second-order valence-electron chi connectivity index (χ2n) is 8.52. The van der Waals surface area contributed by atoms with Gasteiger partial charge in [-0.2, -0.15) is 10.1 Å². The van der Waals surface area contributed by atoms with Crippen LogP contribution in [-0.2, 0) is 16.0 Å². The third kappa shape index (κ3) is 7.59. The molecule has 0 bridgehead atoms. The van der Waals surface area contributed by atoms with E-state index >= 15 is 0 Å². The first-order chi connectivity index (χ1) is 19.7. The molecule has 0 radical (unpaired) electrons. The van der Waals surface area contributed by atoms with Gasteiger partial charge in [0.05, 0.1) is 11.3 Å². The van der Waals surface area contributed by atoms with E-state index in [1.165, 1.54) is 46.3 Å². The maximum Gasteiger partial charge on any atom is 0.337 e. The maximum atomic E-state index is 13.3. The molecule has 0 spiro atoms. The molecule has 0 aliphatic rings. The molecule has 13 nitrogen and oxygen atoms in total. The number of aromatic carboxylic acids is 1. The minimum absolute atomic E-state index is 0.00607. The van der Waals surface area contributed by atoms with Crippen LogP contribution in [0.2, 0.25) is 5.02 Å². The molecule has 5 N–H and O–H groups in total. The number of carboxylic acid groups (broad SMARTS) is 1. The lowest BCUT2D eigenvalue weighted by atomic mass is 10.1. The van der Waals surface area contributed by atoms with E-state index in [2.05, 4.69) is 37.6 Å². The van der Waals surface area contributed by atoms with Gasteiger partial charge in [-0.25, -0.2) is 15.2 Å². The molecule has 0 saturated carbocycles. The summed E-state index contributed by atoms with van der Waals surface area (Å²) in [6, 6.07) is 15.8. The Morgan fingerprint density at radius 2 is 1.95 bits per heavy atom. The Kier molecular flexibility index (Phi) is 9.14. The molecule has 41 heavy (non-hydrogen) atoms. The van der Waals surface area contributed by atoms with Crippen molar-refractivity contribution in [2.24, 2.45) is 16.0 Å². The largest absolute Gasteiger partial charge is 0.478 e. The van der Waals surface area contributed by atoms with E-state index in [0.29, 0.717) is 21.9 Å². The van der Waals surface area contributed by atoms with Crippen molar-refractivity contribution in [2.75, 3.05) is 10.3 Å². The number of hydrazine groups is 1. The predicted octanol–water partition coefficient (Wildman–Crippen LogP) is 2.78. The summed E-state index contributed by atoms with van der Waals surface area (Å²) in [7, 11) is 0. The lowest BCUT2D eigenvalue weighted by molar-refractivity contribution is -0.123. The summed E-state index contributed by atoms with van der Waals surface area (Å²) in [5.41, 5.74) is 2.12. The highest BCUT2D eigenvalue weighted by molar-refractivity contribution is 6.30. The van der Waals surface area contributed by atoms with Crippen molar-refractivity contribution in [2.45, 2.75) is 12.5 Å². The fourth-order valence-electron chi connectivity index (χ4n) is 3.75. The fourth-order valence-corrected chi connectivity index (χ4v) is 3.93. The number of rotatable bonds is 11. The molecule has 4 aromatic rings. The van der Waals surface area contributed by atoms with Crippen LogP contribution in [0.5, 0.6) is 0 Å². The van der Waals surface area contributed by atoms with E-state index in [1.807, 2.05) is 30.3 Å². The van der Waals surface area contributed by atoms with Gasteiger partial charge in [0.2, 0.25) is 17.8 Å². The highest BCUT2D eigenvalue weighted by Crippen LogP contribution is 2.23. The van der Waals surface area contributed by atoms with Crippen LogP contribution in [0.25, 0.3) is 11.7 Å². The number of nitrogens with zero attached hydrogens (tertiary/aromatic N) is 6. The molecule has 2 aromatic heterocycles. The number of hydrogen-bond donors (Lipinski definition) is 4. The van der Waals surface area contributed by atoms with Crippen LogP contribution in [0, 0.1) is 0 Å². The highest BCUT2D eigenvalue weighted by Gasteiger charge is 2.22. The van der Waals surface area contributed by atoms with Gasteiger partial charge in [0.25, 0.3) is 0 Å². The molecule has 0 saturated heterocycles. The minimum atomic E-state index is -1.13. The van der Waals surface area contributed by atoms with Gasteiger partial charge in [-0.15, -0.1) is 10.2 Å². The lowest BCUT2D eigenvalue weighted by Gasteiger charge is -2.17. The molecule has 0 unspecified atom stereocenters. The Bertz CT molecular complexity index is 1650. The molecule has 2 aromatic carbocycles. The third-order valence-corrected chi connectivity index (χ3v) is 5.90. The van der Waals surface area contributed by atoms with Crippen LogP contribution in [-0.4, -0.2) is 56.6 Å². The number of hydrogen-bond acceptors (Lipinski definition) is 8. The van der Waals surface area contributed by atoms with Crippen molar-refractivity contribution < 1.29 is 19.5 Å². The van der Waals surface area contributed by atoms with E-state index in [4.69, 9.17) is 17.4 Å². The Balaban J connectivity index is 1.54. The first-order valence-electron chi connectivity index (χ1n) is 12.0. The van der Waals surface area contributed by atoms with Gasteiger partial charge in [-0.3, -0.25) is 19.9 Å². The molecule has 1 atom stereocenters. The summed E-state index contributed by atoms with van der Waals surface area (Å²) < 4.78 is 1.24. The summed E-state index contributed by atoms with van der Waals surface area (Å²) in [6.45, 7) is 3.26. The molecule has 14 heteroatoms. The lowest BCUT2D eigenvalue weighted by Crippen LogP contribution is -2.44. The molecule has 0 aliphatic carbocycles. The number of pyridine rings is 1. The number of carbonyl (C=O) groups excluding carboxylic acids is 2. The molecule has 2 amide bonds. The number of benzene rings is 2. The second kappa shape index (κ2) is 13.1. The number of halogens is 1. The monoisotopic (exact) mass is 573 g/mol. The number of fused-ring (bicyclic) bond motifs is 1. The second-order valence-corrected chi connectivity index (χ2v) is 8.95. The zero-order chi connectivity index (χ0) is 29.4. The average molecular weight is 574 g/mol. The maximum absolute atomic E-state index is 13.3. The first-order valence-corrected chi connectivity index (χ1v) is 12.4. The van der Waals surface area contributed by atoms with Crippen molar-refractivity contribution in [3.8, 4) is 0 Å². The van der Waals surface area contributed by atoms with Gasteiger partial charge in [0, 0.05) is 36.0 Å². The number of nitrogens with two attached hydrogens (primary N) is 1. The highest BCUT2D eigenvalue weighted by atomic mass is 35.5. The van der Waals surface area contributed by atoms with Crippen molar-refractivity contribution in [3.63, 3.8) is 0 Å². The average Bonchev–Trinajstić information content (AvgIpc) is 3.36. The molecule has 0 aliphatic heterocycles. The summed E-state index contributed by atoms with van der Waals surface area (Å²) in [5.74, 6) is 3.67. The number of anilines is 2. The molecular formula is C27H24ClN9O4.